The molecule has 2 nitrogen and oxygen atoms in total. The van der Waals surface area contributed by atoms with E-state index in [-0.39, 0.29) is 0 Å². The van der Waals surface area contributed by atoms with Crippen LogP contribution in [-0.4, -0.2) is 4.98 Å². The zero-order valence-corrected chi connectivity index (χ0v) is 16.0. The molecule has 0 N–H and O–H groups in total. The lowest BCUT2D eigenvalue weighted by Gasteiger charge is -2.02. The van der Waals surface area contributed by atoms with Crippen LogP contribution < -0.4 is 0 Å². The Morgan fingerprint density at radius 1 is 1.16 bits per heavy atom. The third kappa shape index (κ3) is 3.77. The van der Waals surface area contributed by atoms with Crippen molar-refractivity contribution in [1.82, 2.24) is 4.98 Å². The number of halogens is 2. The van der Waals surface area contributed by atoms with Crippen LogP contribution in [0.4, 0.5) is 0 Å². The average molecular weight is 385 g/mol. The summed E-state index contributed by atoms with van der Waals surface area (Å²) in [5.41, 5.74) is 5.53. The zero-order valence-electron chi connectivity index (χ0n) is 13.7. The fraction of sp³-hybridized carbons (Fsp3) is 0.100. The molecule has 0 bridgehead atoms. The molecule has 1 aromatic heterocycles. The van der Waals surface area contributed by atoms with E-state index in [1.165, 1.54) is 22.5 Å². The van der Waals surface area contributed by atoms with E-state index < -0.39 is 0 Å². The van der Waals surface area contributed by atoms with E-state index in [1.54, 1.807) is 18.2 Å². The minimum Gasteiger partial charge on any atom is -0.235 e. The number of aromatic nitrogens is 1. The zero-order chi connectivity index (χ0) is 18.0. The Kier molecular flexibility index (Phi) is 5.24. The highest BCUT2D eigenvalue weighted by atomic mass is 35.5. The molecule has 0 saturated carbocycles. The lowest BCUT2D eigenvalue weighted by Crippen LogP contribution is -1.86. The van der Waals surface area contributed by atoms with E-state index >= 15 is 0 Å². The molecular formula is C20H14Cl2N2S. The summed E-state index contributed by atoms with van der Waals surface area (Å²) in [4.78, 5) is 4.62. The van der Waals surface area contributed by atoms with Crippen molar-refractivity contribution < 1.29 is 0 Å². The normalized spacial score (nSPS) is 11.4. The van der Waals surface area contributed by atoms with Gasteiger partial charge < -0.3 is 0 Å². The van der Waals surface area contributed by atoms with E-state index in [0.717, 1.165) is 11.3 Å². The first-order valence-electron chi connectivity index (χ1n) is 7.59. The van der Waals surface area contributed by atoms with Gasteiger partial charge in [0, 0.05) is 10.9 Å². The first kappa shape index (κ1) is 17.7. The molecule has 0 amide bonds. The van der Waals surface area contributed by atoms with Gasteiger partial charge in [0.1, 0.15) is 11.1 Å². The molecule has 0 fully saturated rings. The van der Waals surface area contributed by atoms with Crippen molar-refractivity contribution in [2.24, 2.45) is 0 Å². The molecule has 3 rings (SSSR count). The van der Waals surface area contributed by atoms with Gasteiger partial charge in [-0.2, -0.15) is 5.26 Å². The standard InChI is InChI=1S/C20H14Cl2N2S/c1-12-6-7-14(8-13(12)2)18-11-25-20(24-18)16(10-23)9-15-4-3-5-17(21)19(15)22/h3-9,11H,1-2H3/b16-9+. The van der Waals surface area contributed by atoms with Gasteiger partial charge in [-0.05, 0) is 48.7 Å². The van der Waals surface area contributed by atoms with E-state index in [1.807, 2.05) is 17.5 Å². The van der Waals surface area contributed by atoms with Gasteiger partial charge in [-0.1, -0.05) is 47.5 Å². The Hall–Kier alpha value is -2.12. The molecule has 0 unspecified atom stereocenters. The van der Waals surface area contributed by atoms with Crippen molar-refractivity contribution in [2.75, 3.05) is 0 Å². The van der Waals surface area contributed by atoms with E-state index in [2.05, 4.69) is 37.0 Å². The summed E-state index contributed by atoms with van der Waals surface area (Å²) in [6, 6.07) is 13.8. The van der Waals surface area contributed by atoms with Crippen molar-refractivity contribution in [1.29, 1.82) is 5.26 Å². The maximum atomic E-state index is 9.53. The quantitative estimate of drug-likeness (QED) is 0.465. The second-order valence-corrected chi connectivity index (χ2v) is 7.29. The van der Waals surface area contributed by atoms with Crippen LogP contribution >= 0.6 is 34.5 Å². The molecule has 0 saturated heterocycles. The first-order valence-corrected chi connectivity index (χ1v) is 9.22. The number of thiazole rings is 1. The Bertz CT molecular complexity index is 1010. The summed E-state index contributed by atoms with van der Waals surface area (Å²) in [5, 5.41) is 13.0. The van der Waals surface area contributed by atoms with Crippen LogP contribution in [-0.2, 0) is 0 Å². The molecule has 0 atom stereocenters. The summed E-state index contributed by atoms with van der Waals surface area (Å²) in [5.74, 6) is 0. The molecule has 3 aromatic rings. The number of benzene rings is 2. The lowest BCUT2D eigenvalue weighted by molar-refractivity contribution is 1.32. The second-order valence-electron chi connectivity index (χ2n) is 5.65. The molecule has 0 aliphatic carbocycles. The highest BCUT2D eigenvalue weighted by molar-refractivity contribution is 7.11. The van der Waals surface area contributed by atoms with Crippen LogP contribution in [0.1, 0.15) is 21.7 Å². The molecule has 5 heteroatoms. The first-order chi connectivity index (χ1) is 12.0. The Balaban J connectivity index is 1.99. The molecule has 2 aromatic carbocycles. The topological polar surface area (TPSA) is 36.7 Å². The van der Waals surface area contributed by atoms with Crippen molar-refractivity contribution in [3.63, 3.8) is 0 Å². The van der Waals surface area contributed by atoms with Crippen LogP contribution in [0.15, 0.2) is 41.8 Å². The fourth-order valence-corrected chi connectivity index (χ4v) is 3.52. The van der Waals surface area contributed by atoms with Crippen LogP contribution in [0.2, 0.25) is 10.0 Å². The van der Waals surface area contributed by atoms with Gasteiger partial charge in [0.05, 0.1) is 21.3 Å². The number of allylic oxidation sites excluding steroid dienone is 1. The number of aryl methyl sites for hydroxylation is 2. The molecule has 0 aliphatic heterocycles. The Labute approximate surface area is 161 Å². The summed E-state index contributed by atoms with van der Waals surface area (Å²) >= 11 is 13.7. The van der Waals surface area contributed by atoms with Gasteiger partial charge in [0.2, 0.25) is 0 Å². The number of rotatable bonds is 3. The van der Waals surface area contributed by atoms with Crippen LogP contribution in [0, 0.1) is 25.2 Å². The maximum Gasteiger partial charge on any atom is 0.134 e. The molecule has 1 heterocycles. The van der Waals surface area contributed by atoms with Gasteiger partial charge >= 0.3 is 0 Å². The predicted molar refractivity (Wildman–Crippen MR) is 107 cm³/mol. The van der Waals surface area contributed by atoms with Gasteiger partial charge in [0.25, 0.3) is 0 Å². The largest absolute Gasteiger partial charge is 0.235 e. The van der Waals surface area contributed by atoms with Gasteiger partial charge in [-0.3, -0.25) is 0 Å². The molecule has 0 radical (unpaired) electrons. The molecule has 25 heavy (non-hydrogen) atoms. The van der Waals surface area contributed by atoms with Crippen molar-refractivity contribution in [3.05, 3.63) is 73.5 Å². The average Bonchev–Trinajstić information content (AvgIpc) is 3.08. The predicted octanol–water partition coefficient (Wildman–Crippen LogP) is 6.80. The molecule has 0 spiro atoms. The highest BCUT2D eigenvalue weighted by Gasteiger charge is 2.11. The van der Waals surface area contributed by atoms with Gasteiger partial charge in [-0.15, -0.1) is 11.3 Å². The summed E-state index contributed by atoms with van der Waals surface area (Å²) < 4.78 is 0. The smallest absolute Gasteiger partial charge is 0.134 e. The molecule has 124 valence electrons. The third-order valence-electron chi connectivity index (χ3n) is 3.94. The number of nitriles is 1. The summed E-state index contributed by atoms with van der Waals surface area (Å²) in [7, 11) is 0. The van der Waals surface area contributed by atoms with Crippen LogP contribution in [0.3, 0.4) is 0 Å². The van der Waals surface area contributed by atoms with Gasteiger partial charge in [0.15, 0.2) is 0 Å². The maximum absolute atomic E-state index is 9.53. The minimum absolute atomic E-state index is 0.433. The van der Waals surface area contributed by atoms with Crippen molar-refractivity contribution in [2.45, 2.75) is 13.8 Å². The number of hydrogen-bond acceptors (Lipinski definition) is 3. The molecule has 0 aliphatic rings. The third-order valence-corrected chi connectivity index (χ3v) is 5.65. The van der Waals surface area contributed by atoms with Crippen molar-refractivity contribution >= 4 is 46.2 Å². The van der Waals surface area contributed by atoms with Crippen LogP contribution in [0.5, 0.6) is 0 Å². The SMILES string of the molecule is Cc1ccc(-c2csc(/C(C#N)=C/c3cccc(Cl)c3Cl)n2)cc1C. The summed E-state index contributed by atoms with van der Waals surface area (Å²) in [6.07, 6.45) is 1.72. The summed E-state index contributed by atoms with van der Waals surface area (Å²) in [6.45, 7) is 4.16. The monoisotopic (exact) mass is 384 g/mol. The molecular weight excluding hydrogens is 371 g/mol. The van der Waals surface area contributed by atoms with Gasteiger partial charge in [-0.25, -0.2) is 4.98 Å². The van der Waals surface area contributed by atoms with E-state index in [0.29, 0.717) is 26.2 Å². The fourth-order valence-electron chi connectivity index (χ4n) is 2.36. The lowest BCUT2D eigenvalue weighted by atomic mass is 10.1. The Morgan fingerprint density at radius 2 is 1.96 bits per heavy atom. The Morgan fingerprint density at radius 3 is 2.68 bits per heavy atom. The number of hydrogen-bond donors (Lipinski definition) is 0. The minimum atomic E-state index is 0.433. The van der Waals surface area contributed by atoms with Crippen molar-refractivity contribution in [3.8, 4) is 17.3 Å². The second kappa shape index (κ2) is 7.41. The van der Waals surface area contributed by atoms with E-state index in [9.17, 15) is 5.26 Å². The van der Waals surface area contributed by atoms with E-state index in [4.69, 9.17) is 23.2 Å². The number of nitrogens with zero attached hydrogens (tertiary/aromatic N) is 2. The highest BCUT2D eigenvalue weighted by Crippen LogP contribution is 2.31. The van der Waals surface area contributed by atoms with Crippen LogP contribution in [0.25, 0.3) is 22.9 Å².